The second kappa shape index (κ2) is 7.06. The quantitative estimate of drug-likeness (QED) is 0.815. The third kappa shape index (κ3) is 3.58. The Hall–Kier alpha value is -1.87. The van der Waals surface area contributed by atoms with E-state index in [9.17, 15) is 0 Å². The number of methoxy groups -OCH3 is 1. The number of rotatable bonds is 6. The predicted molar refractivity (Wildman–Crippen MR) is 83.0 cm³/mol. The molecule has 0 unspecified atom stereocenters. The van der Waals surface area contributed by atoms with E-state index in [1.54, 1.807) is 13.3 Å². The van der Waals surface area contributed by atoms with E-state index in [4.69, 9.17) is 4.74 Å². The molecule has 0 atom stereocenters. The van der Waals surface area contributed by atoms with Crippen LogP contribution in [0.15, 0.2) is 36.5 Å². The molecule has 2 aromatic rings. The summed E-state index contributed by atoms with van der Waals surface area (Å²) in [5, 5.41) is 3.44. The first-order chi connectivity index (χ1) is 9.74. The minimum Gasteiger partial charge on any atom is -0.481 e. The van der Waals surface area contributed by atoms with Gasteiger partial charge in [-0.2, -0.15) is 0 Å². The van der Waals surface area contributed by atoms with E-state index in [-0.39, 0.29) is 0 Å². The topological polar surface area (TPSA) is 34.2 Å². The minimum absolute atomic E-state index is 0.649. The Morgan fingerprint density at radius 3 is 2.80 bits per heavy atom. The maximum Gasteiger partial charge on any atom is 0.213 e. The zero-order valence-corrected chi connectivity index (χ0v) is 12.4. The van der Waals surface area contributed by atoms with Gasteiger partial charge in [-0.15, -0.1) is 0 Å². The summed E-state index contributed by atoms with van der Waals surface area (Å²) in [5.74, 6) is 0.649. The number of hydrogen-bond acceptors (Lipinski definition) is 3. The molecule has 1 aromatic heterocycles. The first-order valence-electron chi connectivity index (χ1n) is 7.05. The van der Waals surface area contributed by atoms with Gasteiger partial charge in [0.2, 0.25) is 5.88 Å². The van der Waals surface area contributed by atoms with Crippen LogP contribution < -0.4 is 10.1 Å². The maximum absolute atomic E-state index is 5.20. The fourth-order valence-corrected chi connectivity index (χ4v) is 2.19. The lowest BCUT2D eigenvalue weighted by atomic mass is 9.99. The highest BCUT2D eigenvalue weighted by molar-refractivity contribution is 5.68. The van der Waals surface area contributed by atoms with Crippen molar-refractivity contribution in [1.29, 1.82) is 0 Å². The second-order valence-corrected chi connectivity index (χ2v) is 4.91. The smallest absolute Gasteiger partial charge is 0.213 e. The molecule has 3 heteroatoms. The SMILES string of the molecule is CCCNCc1ccc(C)c(-c2ccnc(OC)c2)c1. The van der Waals surface area contributed by atoms with Crippen molar-refractivity contribution in [2.45, 2.75) is 26.8 Å². The Labute approximate surface area is 121 Å². The Kier molecular flexibility index (Phi) is 5.13. The first kappa shape index (κ1) is 14.5. The Morgan fingerprint density at radius 2 is 2.05 bits per heavy atom. The van der Waals surface area contributed by atoms with Gasteiger partial charge < -0.3 is 10.1 Å². The van der Waals surface area contributed by atoms with Crippen molar-refractivity contribution in [2.24, 2.45) is 0 Å². The van der Waals surface area contributed by atoms with Gasteiger partial charge in [0.05, 0.1) is 7.11 Å². The van der Waals surface area contributed by atoms with Gasteiger partial charge in [-0.25, -0.2) is 4.98 Å². The fraction of sp³-hybridized carbons (Fsp3) is 0.353. The highest BCUT2D eigenvalue weighted by Crippen LogP contribution is 2.26. The van der Waals surface area contributed by atoms with E-state index in [0.717, 1.165) is 25.1 Å². The predicted octanol–water partition coefficient (Wildman–Crippen LogP) is 3.57. The van der Waals surface area contributed by atoms with Gasteiger partial charge in [0.15, 0.2) is 0 Å². The lowest BCUT2D eigenvalue weighted by Crippen LogP contribution is -2.13. The third-order valence-corrected chi connectivity index (χ3v) is 3.31. The van der Waals surface area contributed by atoms with Crippen molar-refractivity contribution in [3.8, 4) is 17.0 Å². The van der Waals surface area contributed by atoms with Gasteiger partial charge in [0.1, 0.15) is 0 Å². The molecule has 0 saturated heterocycles. The number of benzene rings is 1. The Morgan fingerprint density at radius 1 is 1.20 bits per heavy atom. The number of nitrogens with zero attached hydrogens (tertiary/aromatic N) is 1. The van der Waals surface area contributed by atoms with Gasteiger partial charge in [0.25, 0.3) is 0 Å². The number of hydrogen-bond donors (Lipinski definition) is 1. The summed E-state index contributed by atoms with van der Waals surface area (Å²) in [5.41, 5.74) is 4.94. The summed E-state index contributed by atoms with van der Waals surface area (Å²) in [6, 6.07) is 10.6. The molecule has 0 spiro atoms. The molecule has 20 heavy (non-hydrogen) atoms. The number of aryl methyl sites for hydroxylation is 1. The summed E-state index contributed by atoms with van der Waals surface area (Å²) >= 11 is 0. The number of pyridine rings is 1. The zero-order chi connectivity index (χ0) is 14.4. The molecule has 0 bridgehead atoms. The Balaban J connectivity index is 2.27. The minimum atomic E-state index is 0.649. The normalized spacial score (nSPS) is 10.6. The Bertz CT molecular complexity index is 567. The lowest BCUT2D eigenvalue weighted by Gasteiger charge is -2.10. The molecule has 0 saturated carbocycles. The van der Waals surface area contributed by atoms with E-state index in [2.05, 4.69) is 42.3 Å². The van der Waals surface area contributed by atoms with Crippen LogP contribution in [-0.4, -0.2) is 18.6 Å². The van der Waals surface area contributed by atoms with Crippen molar-refractivity contribution in [2.75, 3.05) is 13.7 Å². The molecule has 1 N–H and O–H groups in total. The molecule has 106 valence electrons. The molecule has 3 nitrogen and oxygen atoms in total. The van der Waals surface area contributed by atoms with Crippen LogP contribution in [0.25, 0.3) is 11.1 Å². The molecular formula is C17H22N2O. The van der Waals surface area contributed by atoms with Crippen LogP contribution in [0.2, 0.25) is 0 Å². The molecule has 0 aliphatic heterocycles. The van der Waals surface area contributed by atoms with Crippen LogP contribution in [0.1, 0.15) is 24.5 Å². The van der Waals surface area contributed by atoms with Gasteiger partial charge in [0, 0.05) is 18.8 Å². The van der Waals surface area contributed by atoms with Crippen LogP contribution in [0.3, 0.4) is 0 Å². The van der Waals surface area contributed by atoms with E-state index in [1.807, 2.05) is 12.1 Å². The van der Waals surface area contributed by atoms with Gasteiger partial charge >= 0.3 is 0 Å². The fourth-order valence-electron chi connectivity index (χ4n) is 2.19. The van der Waals surface area contributed by atoms with Crippen LogP contribution in [0.4, 0.5) is 0 Å². The average Bonchev–Trinajstić information content (AvgIpc) is 2.49. The highest BCUT2D eigenvalue weighted by atomic mass is 16.5. The van der Waals surface area contributed by atoms with Crippen molar-refractivity contribution in [3.05, 3.63) is 47.7 Å². The van der Waals surface area contributed by atoms with E-state index >= 15 is 0 Å². The molecule has 0 aliphatic carbocycles. The second-order valence-electron chi connectivity index (χ2n) is 4.91. The largest absolute Gasteiger partial charge is 0.481 e. The maximum atomic E-state index is 5.20. The van der Waals surface area contributed by atoms with Crippen molar-refractivity contribution < 1.29 is 4.74 Å². The third-order valence-electron chi connectivity index (χ3n) is 3.31. The van der Waals surface area contributed by atoms with E-state index in [1.165, 1.54) is 16.7 Å². The number of ether oxygens (including phenoxy) is 1. The molecule has 0 aliphatic rings. The van der Waals surface area contributed by atoms with Gasteiger partial charge in [-0.3, -0.25) is 0 Å². The molecule has 0 radical (unpaired) electrons. The van der Waals surface area contributed by atoms with Crippen LogP contribution in [0, 0.1) is 6.92 Å². The zero-order valence-electron chi connectivity index (χ0n) is 12.4. The summed E-state index contributed by atoms with van der Waals surface area (Å²) in [6.45, 7) is 6.26. The van der Waals surface area contributed by atoms with E-state index in [0.29, 0.717) is 5.88 Å². The lowest BCUT2D eigenvalue weighted by molar-refractivity contribution is 0.398. The molecule has 2 rings (SSSR count). The molecule has 0 amide bonds. The highest BCUT2D eigenvalue weighted by Gasteiger charge is 2.05. The van der Waals surface area contributed by atoms with Crippen LogP contribution >= 0.6 is 0 Å². The standard InChI is InChI=1S/C17H22N2O/c1-4-8-18-12-14-6-5-13(2)16(10-14)15-7-9-19-17(11-15)20-3/h5-7,9-11,18H,4,8,12H2,1-3H3. The van der Waals surface area contributed by atoms with Gasteiger partial charge in [-0.05, 0) is 54.3 Å². The summed E-state index contributed by atoms with van der Waals surface area (Å²) in [6.07, 6.45) is 2.94. The van der Waals surface area contributed by atoms with Crippen LogP contribution in [-0.2, 0) is 6.54 Å². The number of nitrogens with one attached hydrogen (secondary N) is 1. The first-order valence-corrected chi connectivity index (χ1v) is 7.05. The molecular weight excluding hydrogens is 248 g/mol. The average molecular weight is 270 g/mol. The summed E-state index contributed by atoms with van der Waals surface area (Å²) in [4.78, 5) is 4.16. The molecule has 1 aromatic carbocycles. The van der Waals surface area contributed by atoms with Gasteiger partial charge in [-0.1, -0.05) is 19.1 Å². The van der Waals surface area contributed by atoms with Crippen LogP contribution in [0.5, 0.6) is 5.88 Å². The van der Waals surface area contributed by atoms with E-state index < -0.39 is 0 Å². The van der Waals surface area contributed by atoms with Crippen molar-refractivity contribution in [3.63, 3.8) is 0 Å². The number of aromatic nitrogens is 1. The van der Waals surface area contributed by atoms with Crippen molar-refractivity contribution in [1.82, 2.24) is 10.3 Å². The van der Waals surface area contributed by atoms with Crippen molar-refractivity contribution >= 4 is 0 Å². The summed E-state index contributed by atoms with van der Waals surface area (Å²) < 4.78 is 5.20. The molecule has 0 fully saturated rings. The monoisotopic (exact) mass is 270 g/mol. The summed E-state index contributed by atoms with van der Waals surface area (Å²) in [7, 11) is 1.64. The molecule has 1 heterocycles.